The Bertz CT molecular complexity index is 570. The number of halogens is 1. The molecule has 0 spiro atoms. The summed E-state index contributed by atoms with van der Waals surface area (Å²) in [7, 11) is 3.59. The second kappa shape index (κ2) is 10.8. The van der Waals surface area contributed by atoms with Crippen molar-refractivity contribution in [3.8, 4) is 0 Å². The number of guanidine groups is 1. The highest BCUT2D eigenvalue weighted by molar-refractivity contribution is 14.0. The number of ether oxygens (including phenoxy) is 1. The predicted octanol–water partition coefficient (Wildman–Crippen LogP) is 3.34. The van der Waals surface area contributed by atoms with Gasteiger partial charge in [0.15, 0.2) is 5.96 Å². The molecule has 0 radical (unpaired) electrons. The number of rotatable bonds is 6. The predicted molar refractivity (Wildman–Crippen MR) is 123 cm³/mol. The van der Waals surface area contributed by atoms with E-state index in [1.54, 1.807) is 12.0 Å². The molecule has 2 N–H and O–H groups in total. The maximum absolute atomic E-state index is 5.60. The SMILES string of the molecule is CN=C(NCC(C)N1CCc2sccc2C1)NCC(OC)C(C)(C)C.I. The molecule has 2 rings (SSSR count). The largest absolute Gasteiger partial charge is 0.379 e. The number of nitrogens with one attached hydrogen (secondary N) is 2. The van der Waals surface area contributed by atoms with E-state index < -0.39 is 0 Å². The minimum atomic E-state index is 0. The Labute approximate surface area is 180 Å². The molecule has 1 aliphatic rings. The van der Waals surface area contributed by atoms with E-state index in [-0.39, 0.29) is 35.5 Å². The average Bonchev–Trinajstić information content (AvgIpc) is 3.04. The minimum Gasteiger partial charge on any atom is -0.379 e. The molecule has 0 bridgehead atoms. The van der Waals surface area contributed by atoms with Crippen molar-refractivity contribution in [3.05, 3.63) is 21.9 Å². The van der Waals surface area contributed by atoms with E-state index >= 15 is 0 Å². The minimum absolute atomic E-state index is 0. The Balaban J connectivity index is 0.00000338. The van der Waals surface area contributed by atoms with Crippen LogP contribution < -0.4 is 10.6 Å². The second-order valence-electron chi connectivity index (χ2n) is 7.86. The molecular formula is C19H35IN4OS. The maximum atomic E-state index is 5.60. The molecule has 0 aliphatic carbocycles. The van der Waals surface area contributed by atoms with Gasteiger partial charge in [-0.2, -0.15) is 0 Å². The molecule has 0 fully saturated rings. The van der Waals surface area contributed by atoms with E-state index in [4.69, 9.17) is 4.74 Å². The lowest BCUT2D eigenvalue weighted by atomic mass is 9.89. The third kappa shape index (κ3) is 6.65. The van der Waals surface area contributed by atoms with Crippen LogP contribution in [0.3, 0.4) is 0 Å². The molecule has 1 aliphatic heterocycles. The van der Waals surface area contributed by atoms with Crippen LogP contribution in [0.15, 0.2) is 16.4 Å². The van der Waals surface area contributed by atoms with Gasteiger partial charge in [-0.25, -0.2) is 0 Å². The van der Waals surface area contributed by atoms with Crippen molar-refractivity contribution in [2.24, 2.45) is 10.4 Å². The van der Waals surface area contributed by atoms with Gasteiger partial charge in [0.2, 0.25) is 0 Å². The number of hydrogen-bond donors (Lipinski definition) is 2. The van der Waals surface area contributed by atoms with Gasteiger partial charge in [-0.1, -0.05) is 20.8 Å². The van der Waals surface area contributed by atoms with Crippen molar-refractivity contribution in [2.45, 2.75) is 52.8 Å². The van der Waals surface area contributed by atoms with Gasteiger partial charge >= 0.3 is 0 Å². The molecule has 0 saturated heterocycles. The van der Waals surface area contributed by atoms with Crippen molar-refractivity contribution in [2.75, 3.05) is 33.8 Å². The Kier molecular flexibility index (Phi) is 9.85. The van der Waals surface area contributed by atoms with Crippen molar-refractivity contribution in [1.29, 1.82) is 0 Å². The molecule has 1 aromatic rings. The standard InChI is InChI=1S/C19H34N4OS.HI/c1-14(23-9-7-16-15(13-23)8-10-25-16)11-21-18(20-5)22-12-17(24-6)19(2,3)4;/h8,10,14,17H,7,9,11-13H2,1-6H3,(H2,20,21,22);1H. The van der Waals surface area contributed by atoms with Crippen LogP contribution in [0.2, 0.25) is 0 Å². The molecule has 0 amide bonds. The lowest BCUT2D eigenvalue weighted by molar-refractivity contribution is 0.0205. The summed E-state index contributed by atoms with van der Waals surface area (Å²) in [5, 5.41) is 9.07. The Hall–Kier alpha value is -0.380. The zero-order chi connectivity index (χ0) is 18.4. The van der Waals surface area contributed by atoms with E-state index in [2.05, 4.69) is 59.7 Å². The van der Waals surface area contributed by atoms with Crippen LogP contribution in [0.4, 0.5) is 0 Å². The van der Waals surface area contributed by atoms with Crippen LogP contribution >= 0.6 is 35.3 Å². The first-order valence-corrected chi connectivity index (χ1v) is 9.99. The van der Waals surface area contributed by atoms with Gasteiger partial charge in [0.05, 0.1) is 6.10 Å². The number of hydrogen-bond acceptors (Lipinski definition) is 4. The third-order valence-corrected chi connectivity index (χ3v) is 5.98. The van der Waals surface area contributed by atoms with Gasteiger partial charge in [-0.3, -0.25) is 9.89 Å². The summed E-state index contributed by atoms with van der Waals surface area (Å²) < 4.78 is 5.60. The quantitative estimate of drug-likeness (QED) is 0.362. The third-order valence-electron chi connectivity index (χ3n) is 4.95. The first-order valence-electron chi connectivity index (χ1n) is 9.11. The van der Waals surface area contributed by atoms with Gasteiger partial charge in [-0.05, 0) is 35.8 Å². The van der Waals surface area contributed by atoms with Gasteiger partial charge in [0.1, 0.15) is 0 Å². The maximum Gasteiger partial charge on any atom is 0.191 e. The highest BCUT2D eigenvalue weighted by Gasteiger charge is 2.25. The van der Waals surface area contributed by atoms with E-state index in [0.717, 1.165) is 32.1 Å². The number of nitrogens with zero attached hydrogens (tertiary/aromatic N) is 2. The number of fused-ring (bicyclic) bond motifs is 1. The van der Waals surface area contributed by atoms with Crippen LogP contribution in [-0.4, -0.2) is 56.8 Å². The molecule has 5 nitrogen and oxygen atoms in total. The van der Waals surface area contributed by atoms with Crippen molar-refractivity contribution in [3.63, 3.8) is 0 Å². The molecule has 1 aromatic heterocycles. The summed E-state index contributed by atoms with van der Waals surface area (Å²) >= 11 is 1.89. The van der Waals surface area contributed by atoms with Crippen molar-refractivity contribution < 1.29 is 4.74 Å². The highest BCUT2D eigenvalue weighted by Crippen LogP contribution is 2.25. The molecule has 26 heavy (non-hydrogen) atoms. The van der Waals surface area contributed by atoms with E-state index in [1.165, 1.54) is 12.0 Å². The van der Waals surface area contributed by atoms with Gasteiger partial charge in [0, 0.05) is 51.3 Å². The van der Waals surface area contributed by atoms with E-state index in [0.29, 0.717) is 6.04 Å². The second-order valence-corrected chi connectivity index (χ2v) is 8.86. The van der Waals surface area contributed by atoms with E-state index in [9.17, 15) is 0 Å². The monoisotopic (exact) mass is 494 g/mol. The number of aliphatic imine (C=N–C) groups is 1. The molecule has 2 heterocycles. The Morgan fingerprint density at radius 1 is 1.35 bits per heavy atom. The van der Waals surface area contributed by atoms with Crippen molar-refractivity contribution in [1.82, 2.24) is 15.5 Å². The van der Waals surface area contributed by atoms with Crippen LogP contribution in [0.25, 0.3) is 0 Å². The van der Waals surface area contributed by atoms with Crippen LogP contribution in [0.1, 0.15) is 38.1 Å². The number of thiophene rings is 1. The van der Waals surface area contributed by atoms with Crippen LogP contribution in [0.5, 0.6) is 0 Å². The summed E-state index contributed by atoms with van der Waals surface area (Å²) in [5.74, 6) is 0.839. The lowest BCUT2D eigenvalue weighted by Gasteiger charge is -2.33. The Morgan fingerprint density at radius 2 is 2.04 bits per heavy atom. The highest BCUT2D eigenvalue weighted by atomic mass is 127. The molecule has 2 atom stereocenters. The van der Waals surface area contributed by atoms with Gasteiger partial charge in [-0.15, -0.1) is 35.3 Å². The average molecular weight is 494 g/mol. The molecule has 0 aromatic carbocycles. The molecule has 0 saturated carbocycles. The summed E-state index contributed by atoms with van der Waals surface area (Å²) in [4.78, 5) is 8.44. The Morgan fingerprint density at radius 3 is 2.65 bits per heavy atom. The fraction of sp³-hybridized carbons (Fsp3) is 0.737. The lowest BCUT2D eigenvalue weighted by Crippen LogP contribution is -2.49. The molecular weight excluding hydrogens is 459 g/mol. The smallest absolute Gasteiger partial charge is 0.191 e. The van der Waals surface area contributed by atoms with Crippen LogP contribution in [0, 0.1) is 5.41 Å². The fourth-order valence-corrected chi connectivity index (χ4v) is 4.06. The first-order chi connectivity index (χ1) is 11.8. The topological polar surface area (TPSA) is 48.9 Å². The summed E-state index contributed by atoms with van der Waals surface area (Å²) in [6.07, 6.45) is 1.31. The van der Waals surface area contributed by atoms with Crippen molar-refractivity contribution >= 4 is 41.3 Å². The van der Waals surface area contributed by atoms with Crippen LogP contribution in [-0.2, 0) is 17.7 Å². The summed E-state index contributed by atoms with van der Waals surface area (Å²) in [6.45, 7) is 12.7. The first kappa shape index (κ1) is 23.7. The van der Waals surface area contributed by atoms with E-state index in [1.807, 2.05) is 18.4 Å². The van der Waals surface area contributed by atoms with Gasteiger partial charge in [0.25, 0.3) is 0 Å². The molecule has 150 valence electrons. The molecule has 2 unspecified atom stereocenters. The summed E-state index contributed by atoms with van der Waals surface area (Å²) in [6, 6.07) is 2.73. The summed E-state index contributed by atoms with van der Waals surface area (Å²) in [5.41, 5.74) is 1.60. The zero-order valence-electron chi connectivity index (χ0n) is 17.0. The normalized spacial score (nSPS) is 17.8. The molecule has 7 heteroatoms. The fourth-order valence-electron chi connectivity index (χ4n) is 3.17. The number of methoxy groups -OCH3 is 1. The zero-order valence-corrected chi connectivity index (χ0v) is 20.1. The van der Waals surface area contributed by atoms with Gasteiger partial charge < -0.3 is 15.4 Å².